The molecule has 4 heteroatoms. The Morgan fingerprint density at radius 2 is 1.81 bits per heavy atom. The molecular formula is C22H30O3S. The van der Waals surface area contributed by atoms with Gasteiger partial charge in [0, 0.05) is 23.5 Å². The Bertz CT molecular complexity index is 714. The minimum Gasteiger partial charge on any atom is -0.458 e. The molecule has 5 aliphatic rings. The molecule has 1 unspecified atom stereocenters. The Hall–Kier alpha value is -0.770. The molecule has 142 valence electrons. The van der Waals surface area contributed by atoms with Gasteiger partial charge in [0.2, 0.25) is 0 Å². The van der Waals surface area contributed by atoms with Gasteiger partial charge in [-0.05, 0) is 74.2 Å². The van der Waals surface area contributed by atoms with Gasteiger partial charge in [0.05, 0.1) is 0 Å². The molecule has 0 aromatic carbocycles. The second-order valence-electron chi connectivity index (χ2n) is 10.1. The van der Waals surface area contributed by atoms with Gasteiger partial charge in [-0.2, -0.15) is 12.6 Å². The number of carbonyl (C=O) groups excluding carboxylic acids is 2. The Balaban J connectivity index is 1.53. The molecule has 0 aromatic rings. The highest BCUT2D eigenvalue weighted by Gasteiger charge is 2.68. The number of thiol groups is 1. The van der Waals surface area contributed by atoms with Crippen molar-refractivity contribution in [3.05, 3.63) is 11.6 Å². The fourth-order valence-electron chi connectivity index (χ4n) is 7.82. The molecule has 1 heterocycles. The summed E-state index contributed by atoms with van der Waals surface area (Å²) in [5.41, 5.74) is 1.41. The van der Waals surface area contributed by atoms with Crippen LogP contribution in [-0.2, 0) is 14.3 Å². The van der Waals surface area contributed by atoms with Crippen LogP contribution in [-0.4, -0.2) is 22.6 Å². The van der Waals surface area contributed by atoms with Crippen LogP contribution in [0.2, 0.25) is 0 Å². The summed E-state index contributed by atoms with van der Waals surface area (Å²) < 4.78 is 6.02. The van der Waals surface area contributed by atoms with Gasteiger partial charge in [0.25, 0.3) is 0 Å². The van der Waals surface area contributed by atoms with Crippen molar-refractivity contribution in [2.45, 2.75) is 82.5 Å². The van der Waals surface area contributed by atoms with Crippen molar-refractivity contribution < 1.29 is 14.3 Å². The third-order valence-corrected chi connectivity index (χ3v) is 9.84. The summed E-state index contributed by atoms with van der Waals surface area (Å²) in [5.74, 6) is 2.08. The lowest BCUT2D eigenvalue weighted by atomic mass is 9.46. The maximum Gasteiger partial charge on any atom is 0.306 e. The van der Waals surface area contributed by atoms with Gasteiger partial charge in [0.15, 0.2) is 5.78 Å². The lowest BCUT2D eigenvalue weighted by Crippen LogP contribution is -2.57. The highest BCUT2D eigenvalue weighted by Crippen LogP contribution is 2.70. The predicted octanol–water partition coefficient (Wildman–Crippen LogP) is 4.50. The van der Waals surface area contributed by atoms with Crippen LogP contribution in [0.4, 0.5) is 0 Å². The van der Waals surface area contributed by atoms with E-state index in [2.05, 4.69) is 13.8 Å². The molecule has 5 rings (SSSR count). The predicted molar refractivity (Wildman–Crippen MR) is 103 cm³/mol. The van der Waals surface area contributed by atoms with Crippen LogP contribution in [0.3, 0.4) is 0 Å². The smallest absolute Gasteiger partial charge is 0.306 e. The molecule has 3 nitrogen and oxygen atoms in total. The monoisotopic (exact) mass is 374 g/mol. The van der Waals surface area contributed by atoms with Crippen molar-refractivity contribution in [2.75, 3.05) is 0 Å². The van der Waals surface area contributed by atoms with Gasteiger partial charge in [-0.1, -0.05) is 19.4 Å². The highest BCUT2D eigenvalue weighted by atomic mass is 32.1. The Kier molecular flexibility index (Phi) is 3.60. The van der Waals surface area contributed by atoms with Crippen LogP contribution in [0.1, 0.15) is 71.6 Å². The van der Waals surface area contributed by atoms with Gasteiger partial charge in [0.1, 0.15) is 5.60 Å². The van der Waals surface area contributed by atoms with E-state index in [9.17, 15) is 9.59 Å². The van der Waals surface area contributed by atoms with Crippen LogP contribution in [0.5, 0.6) is 0 Å². The van der Waals surface area contributed by atoms with Crippen molar-refractivity contribution in [1.82, 2.24) is 0 Å². The molecule has 4 aliphatic carbocycles. The fourth-order valence-corrected chi connectivity index (χ4v) is 8.44. The maximum absolute atomic E-state index is 12.0. The molecule has 1 saturated heterocycles. The molecule has 1 aliphatic heterocycles. The van der Waals surface area contributed by atoms with E-state index in [0.717, 1.165) is 38.5 Å². The van der Waals surface area contributed by atoms with Crippen LogP contribution in [0.25, 0.3) is 0 Å². The number of hydrogen-bond donors (Lipinski definition) is 1. The molecule has 3 saturated carbocycles. The van der Waals surface area contributed by atoms with Crippen LogP contribution in [0.15, 0.2) is 11.6 Å². The van der Waals surface area contributed by atoms with E-state index in [1.165, 1.54) is 12.0 Å². The van der Waals surface area contributed by atoms with Gasteiger partial charge in [-0.25, -0.2) is 0 Å². The van der Waals surface area contributed by atoms with E-state index in [4.69, 9.17) is 17.4 Å². The van der Waals surface area contributed by atoms with E-state index >= 15 is 0 Å². The molecule has 0 aromatic heterocycles. The Labute approximate surface area is 161 Å². The van der Waals surface area contributed by atoms with E-state index in [1.807, 2.05) is 6.08 Å². The summed E-state index contributed by atoms with van der Waals surface area (Å²) in [7, 11) is 0. The average molecular weight is 375 g/mol. The number of carbonyl (C=O) groups is 2. The van der Waals surface area contributed by atoms with E-state index in [1.54, 1.807) is 0 Å². The molecule has 0 bridgehead atoms. The quantitative estimate of drug-likeness (QED) is 0.501. The maximum atomic E-state index is 12.0. The van der Waals surface area contributed by atoms with Gasteiger partial charge < -0.3 is 4.74 Å². The highest BCUT2D eigenvalue weighted by molar-refractivity contribution is 7.81. The Morgan fingerprint density at radius 3 is 2.54 bits per heavy atom. The zero-order valence-corrected chi connectivity index (χ0v) is 16.8. The van der Waals surface area contributed by atoms with Gasteiger partial charge in [-0.3, -0.25) is 9.59 Å². The molecule has 0 radical (unpaired) electrons. The second kappa shape index (κ2) is 5.40. The average Bonchev–Trinajstić information content (AvgIpc) is 3.11. The fraction of sp³-hybridized carbons (Fsp3) is 0.818. The van der Waals surface area contributed by atoms with E-state index < -0.39 is 0 Å². The first-order chi connectivity index (χ1) is 12.3. The minimum absolute atomic E-state index is 0.00282. The summed E-state index contributed by atoms with van der Waals surface area (Å²) in [4.78, 5) is 24.0. The summed E-state index contributed by atoms with van der Waals surface area (Å²) >= 11 is 5.07. The number of esters is 1. The zero-order valence-electron chi connectivity index (χ0n) is 15.9. The van der Waals surface area contributed by atoms with Crippen LogP contribution >= 0.6 is 12.6 Å². The minimum atomic E-state index is -0.216. The van der Waals surface area contributed by atoms with Crippen molar-refractivity contribution in [1.29, 1.82) is 0 Å². The van der Waals surface area contributed by atoms with Crippen LogP contribution < -0.4 is 0 Å². The largest absolute Gasteiger partial charge is 0.458 e. The standard InChI is InChI=1S/C22H30O3S/c1-20-7-3-14(23)11-13(20)12-17(26)19-15(20)4-8-21(2)16(19)5-9-22(21)10-6-18(24)25-22/h11,15-17,19,26H,3-10,12H2,1-2H3/t15-,16?,17+,19+,20-,21-,22+/m0/s1. The first-order valence-electron chi connectivity index (χ1n) is 10.4. The molecule has 4 fully saturated rings. The van der Waals surface area contributed by atoms with Gasteiger partial charge >= 0.3 is 5.97 Å². The van der Waals surface area contributed by atoms with Crippen molar-refractivity contribution >= 4 is 24.4 Å². The number of allylic oxidation sites excluding steroid dienone is 1. The summed E-state index contributed by atoms with van der Waals surface area (Å²) in [6.45, 7) is 4.81. The molecule has 7 atom stereocenters. The summed E-state index contributed by atoms with van der Waals surface area (Å²) in [5, 5.41) is 0.321. The number of ketones is 1. The van der Waals surface area contributed by atoms with Gasteiger partial charge in [-0.15, -0.1) is 0 Å². The summed E-state index contributed by atoms with van der Waals surface area (Å²) in [6, 6.07) is 0. The first-order valence-corrected chi connectivity index (χ1v) is 10.9. The summed E-state index contributed by atoms with van der Waals surface area (Å²) in [6.07, 6.45) is 10.6. The lowest BCUT2D eigenvalue weighted by Gasteiger charge is -2.60. The lowest BCUT2D eigenvalue weighted by molar-refractivity contribution is -0.167. The third-order valence-electron chi connectivity index (χ3n) is 9.32. The molecule has 26 heavy (non-hydrogen) atoms. The molecular weight excluding hydrogens is 344 g/mol. The second-order valence-corrected chi connectivity index (χ2v) is 10.7. The SMILES string of the molecule is C[C@]12CCC(=O)C=C1C[C@@H](S)[C@H]1C3CC[C@@]4(CCC(=O)O4)[C@@]3(C)CC[C@@H]12. The third kappa shape index (κ3) is 2.03. The van der Waals surface area contributed by atoms with E-state index in [-0.39, 0.29) is 22.4 Å². The number of rotatable bonds is 0. The Morgan fingerprint density at radius 1 is 1.04 bits per heavy atom. The number of fused-ring (bicyclic) bond motifs is 6. The molecule has 1 spiro atoms. The normalized spacial score (nSPS) is 53.0. The molecule has 0 N–H and O–H groups in total. The van der Waals surface area contributed by atoms with Crippen LogP contribution in [0, 0.1) is 28.6 Å². The van der Waals surface area contributed by atoms with E-state index in [0.29, 0.717) is 41.6 Å². The number of ether oxygens (including phenoxy) is 1. The van der Waals surface area contributed by atoms with Crippen molar-refractivity contribution in [2.24, 2.45) is 28.6 Å². The first kappa shape index (κ1) is 17.3. The number of hydrogen-bond acceptors (Lipinski definition) is 4. The molecule has 0 amide bonds. The van der Waals surface area contributed by atoms with Crippen molar-refractivity contribution in [3.63, 3.8) is 0 Å². The zero-order chi connectivity index (χ0) is 18.3. The topological polar surface area (TPSA) is 43.4 Å². The van der Waals surface area contributed by atoms with Crippen molar-refractivity contribution in [3.8, 4) is 0 Å².